The van der Waals surface area contributed by atoms with Crippen molar-refractivity contribution in [1.82, 2.24) is 14.8 Å². The summed E-state index contributed by atoms with van der Waals surface area (Å²) in [6.07, 6.45) is 1.10. The number of ether oxygens (including phenoxy) is 1. The molecule has 0 fully saturated rings. The number of aromatic nitrogens is 3. The largest absolute Gasteiger partial charge is 0.469 e. The molecule has 1 aromatic heterocycles. The molecule has 0 amide bonds. The second-order valence-electron chi connectivity index (χ2n) is 3.36. The lowest BCUT2D eigenvalue weighted by atomic mass is 10.4. The fourth-order valence-corrected chi connectivity index (χ4v) is 2.33. The number of esters is 1. The van der Waals surface area contributed by atoms with Crippen LogP contribution in [0.15, 0.2) is 5.16 Å². The van der Waals surface area contributed by atoms with Crippen LogP contribution in [-0.2, 0) is 22.5 Å². The molecule has 96 valence electrons. The van der Waals surface area contributed by atoms with Crippen LogP contribution in [0.4, 0.5) is 0 Å². The van der Waals surface area contributed by atoms with Crippen LogP contribution >= 0.6 is 11.8 Å². The number of nitrogens with two attached hydrogens (primary N) is 1. The SMILES string of the molecule is CCn1c(CCN)nnc1SCCC(=O)OC. The zero-order valence-electron chi connectivity index (χ0n) is 10.2. The lowest BCUT2D eigenvalue weighted by molar-refractivity contribution is -0.140. The minimum absolute atomic E-state index is 0.206. The Balaban J connectivity index is 2.55. The van der Waals surface area contributed by atoms with Gasteiger partial charge in [-0.2, -0.15) is 0 Å². The van der Waals surface area contributed by atoms with Crippen molar-refractivity contribution in [3.8, 4) is 0 Å². The van der Waals surface area contributed by atoms with E-state index in [1.54, 1.807) is 0 Å². The van der Waals surface area contributed by atoms with Gasteiger partial charge in [0.1, 0.15) is 5.82 Å². The molecule has 1 aromatic rings. The van der Waals surface area contributed by atoms with Crippen molar-refractivity contribution in [1.29, 1.82) is 0 Å². The maximum atomic E-state index is 11.0. The van der Waals surface area contributed by atoms with Gasteiger partial charge in [-0.1, -0.05) is 11.8 Å². The Bertz CT molecular complexity index is 367. The molecule has 0 aromatic carbocycles. The Labute approximate surface area is 105 Å². The second kappa shape index (κ2) is 7.29. The third kappa shape index (κ3) is 4.01. The predicted octanol–water partition coefficient (Wildman–Crippen LogP) is 0.454. The number of hydrogen-bond acceptors (Lipinski definition) is 6. The van der Waals surface area contributed by atoms with Crippen LogP contribution in [0.2, 0.25) is 0 Å². The number of thioether (sulfide) groups is 1. The number of nitrogens with zero attached hydrogens (tertiary/aromatic N) is 3. The molecule has 0 aliphatic carbocycles. The highest BCUT2D eigenvalue weighted by Gasteiger charge is 2.11. The van der Waals surface area contributed by atoms with Gasteiger partial charge >= 0.3 is 5.97 Å². The van der Waals surface area contributed by atoms with Crippen LogP contribution in [0, 0.1) is 0 Å². The Morgan fingerprint density at radius 3 is 2.88 bits per heavy atom. The summed E-state index contributed by atoms with van der Waals surface area (Å²) in [5.74, 6) is 1.34. The van der Waals surface area contributed by atoms with Crippen LogP contribution in [0.25, 0.3) is 0 Å². The first-order valence-corrected chi connectivity index (χ1v) is 6.53. The lowest BCUT2D eigenvalue weighted by Crippen LogP contribution is -2.10. The van der Waals surface area contributed by atoms with Crippen LogP contribution < -0.4 is 5.73 Å². The summed E-state index contributed by atoms with van der Waals surface area (Å²) >= 11 is 1.51. The number of carbonyl (C=O) groups is 1. The van der Waals surface area contributed by atoms with Crippen molar-refractivity contribution in [3.05, 3.63) is 5.82 Å². The maximum Gasteiger partial charge on any atom is 0.306 e. The molecule has 0 saturated carbocycles. The molecule has 0 spiro atoms. The van der Waals surface area contributed by atoms with E-state index in [9.17, 15) is 4.79 Å². The fourth-order valence-electron chi connectivity index (χ4n) is 1.39. The summed E-state index contributed by atoms with van der Waals surface area (Å²) in [6, 6.07) is 0. The normalized spacial score (nSPS) is 10.5. The zero-order chi connectivity index (χ0) is 12.7. The Hall–Kier alpha value is -1.08. The molecular formula is C10H18N4O2S. The van der Waals surface area contributed by atoms with E-state index in [0.29, 0.717) is 18.7 Å². The van der Waals surface area contributed by atoms with Crippen molar-refractivity contribution >= 4 is 17.7 Å². The number of hydrogen-bond donors (Lipinski definition) is 1. The Morgan fingerprint density at radius 1 is 1.53 bits per heavy atom. The molecule has 7 heteroatoms. The second-order valence-corrected chi connectivity index (χ2v) is 4.42. The first kappa shape index (κ1) is 14.0. The minimum Gasteiger partial charge on any atom is -0.469 e. The summed E-state index contributed by atoms with van der Waals surface area (Å²) in [5.41, 5.74) is 5.50. The van der Waals surface area contributed by atoms with Crippen molar-refractivity contribution in [2.24, 2.45) is 5.73 Å². The summed E-state index contributed by atoms with van der Waals surface area (Å²) in [5, 5.41) is 9.02. The highest BCUT2D eigenvalue weighted by molar-refractivity contribution is 7.99. The first-order chi connectivity index (χ1) is 8.22. The first-order valence-electron chi connectivity index (χ1n) is 5.54. The third-order valence-electron chi connectivity index (χ3n) is 2.24. The van der Waals surface area contributed by atoms with Crippen molar-refractivity contribution in [2.75, 3.05) is 19.4 Å². The molecule has 1 rings (SSSR count). The Kier molecular flexibility index (Phi) is 5.99. The van der Waals surface area contributed by atoms with Gasteiger partial charge in [-0.05, 0) is 13.5 Å². The van der Waals surface area contributed by atoms with Crippen LogP contribution in [-0.4, -0.2) is 40.1 Å². The fraction of sp³-hybridized carbons (Fsp3) is 0.700. The van der Waals surface area contributed by atoms with Crippen LogP contribution in [0.3, 0.4) is 0 Å². The van der Waals surface area contributed by atoms with E-state index in [-0.39, 0.29) is 5.97 Å². The lowest BCUT2D eigenvalue weighted by Gasteiger charge is -2.05. The number of methoxy groups -OCH3 is 1. The quantitative estimate of drug-likeness (QED) is 0.565. The molecule has 6 nitrogen and oxygen atoms in total. The monoisotopic (exact) mass is 258 g/mol. The van der Waals surface area contributed by atoms with E-state index in [4.69, 9.17) is 5.73 Å². The smallest absolute Gasteiger partial charge is 0.306 e. The van der Waals surface area contributed by atoms with Gasteiger partial charge < -0.3 is 15.0 Å². The summed E-state index contributed by atoms with van der Waals surface area (Å²) in [6.45, 7) is 3.40. The summed E-state index contributed by atoms with van der Waals surface area (Å²) in [7, 11) is 1.39. The van der Waals surface area contributed by atoms with Gasteiger partial charge in [-0.15, -0.1) is 10.2 Å². The molecule has 17 heavy (non-hydrogen) atoms. The standard InChI is InChI=1S/C10H18N4O2S/c1-3-14-8(4-6-11)12-13-10(14)17-7-5-9(15)16-2/h3-7,11H2,1-2H3. The molecule has 0 atom stereocenters. The summed E-state index contributed by atoms with van der Waals surface area (Å²) < 4.78 is 6.60. The van der Waals surface area contributed by atoms with Gasteiger partial charge in [0.15, 0.2) is 5.16 Å². The summed E-state index contributed by atoms with van der Waals surface area (Å²) in [4.78, 5) is 11.0. The van der Waals surface area contributed by atoms with E-state index in [1.165, 1.54) is 18.9 Å². The van der Waals surface area contributed by atoms with E-state index >= 15 is 0 Å². The maximum absolute atomic E-state index is 11.0. The molecular weight excluding hydrogens is 240 g/mol. The van der Waals surface area contributed by atoms with Crippen molar-refractivity contribution in [2.45, 2.75) is 31.5 Å². The molecule has 0 bridgehead atoms. The third-order valence-corrected chi connectivity index (χ3v) is 3.21. The average Bonchev–Trinajstić information content (AvgIpc) is 2.72. The molecule has 0 radical (unpaired) electrons. The minimum atomic E-state index is -0.206. The Morgan fingerprint density at radius 2 is 2.29 bits per heavy atom. The van der Waals surface area contributed by atoms with E-state index in [1.807, 2.05) is 11.5 Å². The van der Waals surface area contributed by atoms with Gasteiger partial charge in [0.25, 0.3) is 0 Å². The molecule has 0 aliphatic heterocycles. The highest BCUT2D eigenvalue weighted by Crippen LogP contribution is 2.18. The molecule has 1 heterocycles. The van der Waals surface area contributed by atoms with Gasteiger partial charge in [0.2, 0.25) is 0 Å². The predicted molar refractivity (Wildman–Crippen MR) is 65.8 cm³/mol. The van der Waals surface area contributed by atoms with Gasteiger partial charge in [0.05, 0.1) is 13.5 Å². The highest BCUT2D eigenvalue weighted by atomic mass is 32.2. The van der Waals surface area contributed by atoms with Crippen LogP contribution in [0.1, 0.15) is 19.2 Å². The van der Waals surface area contributed by atoms with Crippen LogP contribution in [0.5, 0.6) is 0 Å². The van der Waals surface area contributed by atoms with E-state index in [2.05, 4.69) is 14.9 Å². The molecule has 0 saturated heterocycles. The topological polar surface area (TPSA) is 83.0 Å². The number of carbonyl (C=O) groups excluding carboxylic acids is 1. The van der Waals surface area contributed by atoms with Gasteiger partial charge in [0, 0.05) is 18.7 Å². The number of rotatable bonds is 7. The van der Waals surface area contributed by atoms with Crippen molar-refractivity contribution in [3.63, 3.8) is 0 Å². The van der Waals surface area contributed by atoms with Gasteiger partial charge in [-0.25, -0.2) is 0 Å². The van der Waals surface area contributed by atoms with E-state index in [0.717, 1.165) is 23.9 Å². The zero-order valence-corrected chi connectivity index (χ0v) is 11.0. The van der Waals surface area contributed by atoms with Crippen molar-refractivity contribution < 1.29 is 9.53 Å². The average molecular weight is 258 g/mol. The molecule has 0 unspecified atom stereocenters. The van der Waals surface area contributed by atoms with Gasteiger partial charge in [-0.3, -0.25) is 4.79 Å². The molecule has 2 N–H and O–H groups in total. The van der Waals surface area contributed by atoms with E-state index < -0.39 is 0 Å². The molecule has 0 aliphatic rings.